The second kappa shape index (κ2) is 5.75. The molecule has 4 heteroatoms. The molecule has 1 heterocycles. The SMILES string of the molecule is Cc1cccc(-c2noc(CC3CCCCC3O)n2)c1. The molecule has 1 aromatic heterocycles. The molecule has 1 N–H and O–H groups in total. The Morgan fingerprint density at radius 1 is 1.30 bits per heavy atom. The molecule has 0 aliphatic heterocycles. The summed E-state index contributed by atoms with van der Waals surface area (Å²) < 4.78 is 5.34. The van der Waals surface area contributed by atoms with Crippen LogP contribution in [0.25, 0.3) is 11.4 Å². The van der Waals surface area contributed by atoms with Crippen molar-refractivity contribution in [3.63, 3.8) is 0 Å². The number of nitrogens with zero attached hydrogens (tertiary/aromatic N) is 2. The predicted molar refractivity (Wildman–Crippen MR) is 76.1 cm³/mol. The molecule has 3 rings (SSSR count). The van der Waals surface area contributed by atoms with Gasteiger partial charge in [-0.2, -0.15) is 4.98 Å². The van der Waals surface area contributed by atoms with Crippen molar-refractivity contribution in [1.29, 1.82) is 0 Å². The first-order chi connectivity index (χ1) is 9.72. The van der Waals surface area contributed by atoms with Crippen molar-refractivity contribution in [3.05, 3.63) is 35.7 Å². The molecule has 0 bridgehead atoms. The fourth-order valence-corrected chi connectivity index (χ4v) is 2.89. The minimum Gasteiger partial charge on any atom is -0.393 e. The molecule has 0 radical (unpaired) electrons. The van der Waals surface area contributed by atoms with Gasteiger partial charge in [-0.05, 0) is 31.7 Å². The summed E-state index contributed by atoms with van der Waals surface area (Å²) in [5.74, 6) is 1.52. The third kappa shape index (κ3) is 2.90. The number of hydrogen-bond donors (Lipinski definition) is 1. The summed E-state index contributed by atoms with van der Waals surface area (Å²) in [5, 5.41) is 14.1. The standard InChI is InChI=1S/C16H20N2O2/c1-11-5-4-7-13(9-11)16-17-15(20-18-16)10-12-6-2-3-8-14(12)19/h4-5,7,9,12,14,19H,2-3,6,8,10H2,1H3. The molecule has 0 spiro atoms. The van der Waals surface area contributed by atoms with Crippen molar-refractivity contribution in [3.8, 4) is 11.4 Å². The van der Waals surface area contributed by atoms with Crippen LogP contribution in [0.1, 0.15) is 37.1 Å². The van der Waals surface area contributed by atoms with Gasteiger partial charge in [0.25, 0.3) is 0 Å². The zero-order valence-corrected chi connectivity index (χ0v) is 11.7. The average Bonchev–Trinajstić information content (AvgIpc) is 2.90. The van der Waals surface area contributed by atoms with Crippen LogP contribution < -0.4 is 0 Å². The number of rotatable bonds is 3. The highest BCUT2D eigenvalue weighted by molar-refractivity contribution is 5.55. The van der Waals surface area contributed by atoms with Crippen LogP contribution in [0.4, 0.5) is 0 Å². The number of hydrogen-bond acceptors (Lipinski definition) is 4. The lowest BCUT2D eigenvalue weighted by Crippen LogP contribution is -2.26. The second-order valence-electron chi connectivity index (χ2n) is 5.70. The molecule has 0 saturated heterocycles. The molecule has 2 unspecified atom stereocenters. The first kappa shape index (κ1) is 13.3. The zero-order chi connectivity index (χ0) is 13.9. The fraction of sp³-hybridized carbons (Fsp3) is 0.500. The average molecular weight is 272 g/mol. The maximum Gasteiger partial charge on any atom is 0.227 e. The Balaban J connectivity index is 1.73. The number of aromatic nitrogens is 2. The van der Waals surface area contributed by atoms with Crippen molar-refractivity contribution >= 4 is 0 Å². The molecule has 1 aliphatic carbocycles. The van der Waals surface area contributed by atoms with E-state index in [2.05, 4.69) is 10.1 Å². The molecule has 20 heavy (non-hydrogen) atoms. The summed E-state index contributed by atoms with van der Waals surface area (Å²) in [5.41, 5.74) is 2.15. The van der Waals surface area contributed by atoms with Gasteiger partial charge in [0.2, 0.25) is 11.7 Å². The highest BCUT2D eigenvalue weighted by Gasteiger charge is 2.25. The van der Waals surface area contributed by atoms with Crippen LogP contribution in [-0.4, -0.2) is 21.4 Å². The number of aliphatic hydroxyl groups excluding tert-OH is 1. The van der Waals surface area contributed by atoms with Crippen LogP contribution in [-0.2, 0) is 6.42 Å². The molecule has 2 aromatic rings. The summed E-state index contributed by atoms with van der Waals surface area (Å²) in [6.45, 7) is 2.04. The van der Waals surface area contributed by atoms with E-state index in [0.717, 1.165) is 24.8 Å². The van der Waals surface area contributed by atoms with Crippen molar-refractivity contribution in [1.82, 2.24) is 10.1 Å². The first-order valence-corrected chi connectivity index (χ1v) is 7.30. The Morgan fingerprint density at radius 3 is 2.95 bits per heavy atom. The number of aliphatic hydroxyl groups is 1. The summed E-state index contributed by atoms with van der Waals surface area (Å²) in [6, 6.07) is 8.07. The summed E-state index contributed by atoms with van der Waals surface area (Å²) in [6.07, 6.45) is 4.70. The molecule has 0 amide bonds. The van der Waals surface area contributed by atoms with E-state index >= 15 is 0 Å². The minimum atomic E-state index is -0.224. The third-order valence-corrected chi connectivity index (χ3v) is 4.05. The maximum absolute atomic E-state index is 10.0. The highest BCUT2D eigenvalue weighted by atomic mass is 16.5. The van der Waals surface area contributed by atoms with Gasteiger partial charge in [-0.15, -0.1) is 0 Å². The van der Waals surface area contributed by atoms with Crippen LogP contribution in [0.5, 0.6) is 0 Å². The van der Waals surface area contributed by atoms with E-state index in [1.54, 1.807) is 0 Å². The maximum atomic E-state index is 10.0. The summed E-state index contributed by atoms with van der Waals surface area (Å²) >= 11 is 0. The summed E-state index contributed by atoms with van der Waals surface area (Å²) in [7, 11) is 0. The van der Waals surface area contributed by atoms with Gasteiger partial charge in [0.1, 0.15) is 0 Å². The van der Waals surface area contributed by atoms with Crippen LogP contribution in [0.15, 0.2) is 28.8 Å². The lowest BCUT2D eigenvalue weighted by atomic mass is 9.84. The van der Waals surface area contributed by atoms with Crippen molar-refractivity contribution in [2.75, 3.05) is 0 Å². The van der Waals surface area contributed by atoms with Gasteiger partial charge in [-0.3, -0.25) is 0 Å². The molecular formula is C16H20N2O2. The molecule has 1 aliphatic rings. The Labute approximate surface area is 118 Å². The fourth-order valence-electron chi connectivity index (χ4n) is 2.89. The highest BCUT2D eigenvalue weighted by Crippen LogP contribution is 2.27. The van der Waals surface area contributed by atoms with Crippen molar-refractivity contribution in [2.45, 2.75) is 45.1 Å². The minimum absolute atomic E-state index is 0.224. The predicted octanol–water partition coefficient (Wildman–Crippen LogP) is 3.14. The van der Waals surface area contributed by atoms with Crippen LogP contribution >= 0.6 is 0 Å². The van der Waals surface area contributed by atoms with Gasteiger partial charge in [0.15, 0.2) is 0 Å². The van der Waals surface area contributed by atoms with E-state index in [-0.39, 0.29) is 12.0 Å². The van der Waals surface area contributed by atoms with Gasteiger partial charge in [0, 0.05) is 12.0 Å². The molecule has 106 valence electrons. The quantitative estimate of drug-likeness (QED) is 0.932. The Hall–Kier alpha value is -1.68. The normalized spacial score (nSPS) is 22.9. The second-order valence-corrected chi connectivity index (χ2v) is 5.70. The lowest BCUT2D eigenvalue weighted by Gasteiger charge is -2.26. The monoisotopic (exact) mass is 272 g/mol. The largest absolute Gasteiger partial charge is 0.393 e. The lowest BCUT2D eigenvalue weighted by molar-refractivity contribution is 0.0657. The Kier molecular flexibility index (Phi) is 3.83. The molecule has 1 fully saturated rings. The van der Waals surface area contributed by atoms with E-state index in [0.29, 0.717) is 18.1 Å². The number of benzene rings is 1. The van der Waals surface area contributed by atoms with E-state index < -0.39 is 0 Å². The smallest absolute Gasteiger partial charge is 0.227 e. The van der Waals surface area contributed by atoms with Crippen LogP contribution in [0.2, 0.25) is 0 Å². The molecule has 1 saturated carbocycles. The number of aryl methyl sites for hydroxylation is 1. The van der Waals surface area contributed by atoms with Gasteiger partial charge < -0.3 is 9.63 Å². The van der Waals surface area contributed by atoms with Gasteiger partial charge in [-0.1, -0.05) is 41.8 Å². The van der Waals surface area contributed by atoms with Gasteiger partial charge in [-0.25, -0.2) is 0 Å². The van der Waals surface area contributed by atoms with Crippen molar-refractivity contribution in [2.24, 2.45) is 5.92 Å². The molecule has 1 aromatic carbocycles. The zero-order valence-electron chi connectivity index (χ0n) is 11.7. The molecule has 4 nitrogen and oxygen atoms in total. The van der Waals surface area contributed by atoms with E-state index in [1.165, 1.54) is 12.0 Å². The Morgan fingerprint density at radius 2 is 2.15 bits per heavy atom. The van der Waals surface area contributed by atoms with E-state index in [1.807, 2.05) is 31.2 Å². The Bertz CT molecular complexity index is 579. The van der Waals surface area contributed by atoms with E-state index in [4.69, 9.17) is 4.52 Å². The van der Waals surface area contributed by atoms with Crippen LogP contribution in [0, 0.1) is 12.8 Å². The van der Waals surface area contributed by atoms with E-state index in [9.17, 15) is 5.11 Å². The van der Waals surface area contributed by atoms with Crippen LogP contribution in [0.3, 0.4) is 0 Å². The third-order valence-electron chi connectivity index (χ3n) is 4.05. The van der Waals surface area contributed by atoms with Gasteiger partial charge >= 0.3 is 0 Å². The van der Waals surface area contributed by atoms with Gasteiger partial charge in [0.05, 0.1) is 6.10 Å². The first-order valence-electron chi connectivity index (χ1n) is 7.30. The van der Waals surface area contributed by atoms with Crippen molar-refractivity contribution < 1.29 is 9.63 Å². The molecular weight excluding hydrogens is 252 g/mol. The topological polar surface area (TPSA) is 59.2 Å². The summed E-state index contributed by atoms with van der Waals surface area (Å²) in [4.78, 5) is 4.46. The molecule has 2 atom stereocenters.